The standard InChI is InChI=1S/C22H24N4/c1-25-14-12-16-10-11-17(15-19(16)25)21-22(23-18-7-3-2-4-8-18)26-13-6-5-9-20(26)24-21/h5-6,9-15,18,23H,2-4,7-8H2,1H3. The molecule has 0 radical (unpaired) electrons. The first-order valence-electron chi connectivity index (χ1n) is 9.59. The van der Waals surface area contributed by atoms with Crippen molar-refractivity contribution in [2.45, 2.75) is 38.1 Å². The monoisotopic (exact) mass is 344 g/mol. The first-order valence-corrected chi connectivity index (χ1v) is 9.59. The van der Waals surface area contributed by atoms with E-state index in [2.05, 4.69) is 76.2 Å². The van der Waals surface area contributed by atoms with Crippen LogP contribution in [0.5, 0.6) is 0 Å². The second-order valence-corrected chi connectivity index (χ2v) is 7.42. The maximum Gasteiger partial charge on any atom is 0.139 e. The third kappa shape index (κ3) is 2.57. The molecule has 0 aliphatic heterocycles. The molecule has 4 heteroatoms. The van der Waals surface area contributed by atoms with Gasteiger partial charge in [0.15, 0.2) is 0 Å². The van der Waals surface area contributed by atoms with Gasteiger partial charge in [-0.05, 0) is 42.5 Å². The molecule has 0 amide bonds. The first kappa shape index (κ1) is 15.5. The van der Waals surface area contributed by atoms with Crippen molar-refractivity contribution in [3.8, 4) is 11.3 Å². The molecule has 1 saturated carbocycles. The fourth-order valence-electron chi connectivity index (χ4n) is 4.19. The Bertz CT molecular complexity index is 1070. The predicted octanol–water partition coefficient (Wildman–Crippen LogP) is 5.24. The molecule has 3 heterocycles. The summed E-state index contributed by atoms with van der Waals surface area (Å²) in [6, 6.07) is 15.5. The van der Waals surface area contributed by atoms with Crippen LogP contribution in [0.2, 0.25) is 0 Å². The lowest BCUT2D eigenvalue weighted by Crippen LogP contribution is -2.23. The van der Waals surface area contributed by atoms with E-state index in [0.717, 1.165) is 17.2 Å². The third-order valence-corrected chi connectivity index (χ3v) is 5.64. The summed E-state index contributed by atoms with van der Waals surface area (Å²) in [7, 11) is 2.09. The Morgan fingerprint density at radius 3 is 2.77 bits per heavy atom. The highest BCUT2D eigenvalue weighted by atomic mass is 15.1. The maximum atomic E-state index is 4.96. The first-order chi connectivity index (χ1) is 12.8. The van der Waals surface area contributed by atoms with Crippen molar-refractivity contribution < 1.29 is 0 Å². The number of aromatic nitrogens is 3. The van der Waals surface area contributed by atoms with E-state index in [-0.39, 0.29) is 0 Å². The summed E-state index contributed by atoms with van der Waals surface area (Å²) in [6.07, 6.45) is 10.7. The Hall–Kier alpha value is -2.75. The van der Waals surface area contributed by atoms with E-state index >= 15 is 0 Å². The van der Waals surface area contributed by atoms with Gasteiger partial charge in [0.05, 0.1) is 0 Å². The summed E-state index contributed by atoms with van der Waals surface area (Å²) < 4.78 is 4.36. The van der Waals surface area contributed by atoms with E-state index in [1.54, 1.807) is 0 Å². The van der Waals surface area contributed by atoms with Crippen molar-refractivity contribution in [2.75, 3.05) is 5.32 Å². The average molecular weight is 344 g/mol. The molecule has 132 valence electrons. The highest BCUT2D eigenvalue weighted by molar-refractivity contribution is 5.87. The quantitative estimate of drug-likeness (QED) is 0.552. The molecule has 0 atom stereocenters. The Kier molecular flexibility index (Phi) is 3.70. The minimum Gasteiger partial charge on any atom is -0.367 e. The molecule has 0 spiro atoms. The number of imidazole rings is 1. The molecule has 4 nitrogen and oxygen atoms in total. The average Bonchev–Trinajstić information content (AvgIpc) is 3.24. The van der Waals surface area contributed by atoms with E-state index in [9.17, 15) is 0 Å². The number of nitrogens with zero attached hydrogens (tertiary/aromatic N) is 3. The van der Waals surface area contributed by atoms with Crippen molar-refractivity contribution in [3.05, 3.63) is 54.9 Å². The number of hydrogen-bond donors (Lipinski definition) is 1. The van der Waals surface area contributed by atoms with Gasteiger partial charge in [-0.15, -0.1) is 0 Å². The Morgan fingerprint density at radius 1 is 1.00 bits per heavy atom. The second-order valence-electron chi connectivity index (χ2n) is 7.42. The Morgan fingerprint density at radius 2 is 1.88 bits per heavy atom. The number of hydrogen-bond acceptors (Lipinski definition) is 2. The van der Waals surface area contributed by atoms with Crippen molar-refractivity contribution in [1.82, 2.24) is 14.0 Å². The summed E-state index contributed by atoms with van der Waals surface area (Å²) in [5.41, 5.74) is 4.45. The molecular formula is C22H24N4. The van der Waals surface area contributed by atoms with E-state index in [4.69, 9.17) is 4.98 Å². The largest absolute Gasteiger partial charge is 0.367 e. The molecule has 26 heavy (non-hydrogen) atoms. The van der Waals surface area contributed by atoms with Crippen LogP contribution < -0.4 is 5.32 Å². The molecule has 4 aromatic rings. The SMILES string of the molecule is Cn1ccc2ccc(-c3nc4ccccn4c3NC3CCCCC3)cc21. The highest BCUT2D eigenvalue weighted by Crippen LogP contribution is 2.33. The van der Waals surface area contributed by atoms with E-state index < -0.39 is 0 Å². The van der Waals surface area contributed by atoms with Gasteiger partial charge in [0, 0.05) is 36.6 Å². The highest BCUT2D eigenvalue weighted by Gasteiger charge is 2.19. The number of nitrogens with one attached hydrogen (secondary N) is 1. The molecule has 0 saturated heterocycles. The summed E-state index contributed by atoms with van der Waals surface area (Å²) >= 11 is 0. The van der Waals surface area contributed by atoms with Crippen LogP contribution >= 0.6 is 0 Å². The molecule has 1 N–H and O–H groups in total. The van der Waals surface area contributed by atoms with E-state index in [0.29, 0.717) is 6.04 Å². The molecule has 3 aromatic heterocycles. The fourth-order valence-corrected chi connectivity index (χ4v) is 4.19. The molecule has 1 aliphatic carbocycles. The second kappa shape index (κ2) is 6.20. The number of fused-ring (bicyclic) bond motifs is 2. The third-order valence-electron chi connectivity index (χ3n) is 5.64. The number of aryl methyl sites for hydroxylation is 1. The van der Waals surface area contributed by atoms with Gasteiger partial charge in [-0.25, -0.2) is 4.98 Å². The van der Waals surface area contributed by atoms with Gasteiger partial charge >= 0.3 is 0 Å². The Labute approximate surface area is 153 Å². The molecule has 1 fully saturated rings. The van der Waals surface area contributed by atoms with Crippen LogP contribution in [0.4, 0.5) is 5.82 Å². The topological polar surface area (TPSA) is 34.3 Å². The van der Waals surface area contributed by atoms with Gasteiger partial charge in [-0.2, -0.15) is 0 Å². The minimum atomic E-state index is 0.543. The van der Waals surface area contributed by atoms with Crippen molar-refractivity contribution >= 4 is 22.4 Å². The van der Waals surface area contributed by atoms with Gasteiger partial charge in [-0.3, -0.25) is 4.40 Å². The maximum absolute atomic E-state index is 4.96. The number of benzene rings is 1. The molecule has 1 aromatic carbocycles. The predicted molar refractivity (Wildman–Crippen MR) is 108 cm³/mol. The van der Waals surface area contributed by atoms with Gasteiger partial charge in [0.2, 0.25) is 0 Å². The lowest BCUT2D eigenvalue weighted by Gasteiger charge is -2.24. The number of rotatable bonds is 3. The lowest BCUT2D eigenvalue weighted by atomic mass is 9.95. The smallest absolute Gasteiger partial charge is 0.139 e. The molecule has 0 bridgehead atoms. The summed E-state index contributed by atoms with van der Waals surface area (Å²) in [4.78, 5) is 4.96. The van der Waals surface area contributed by atoms with Crippen LogP contribution in [0, 0.1) is 0 Å². The van der Waals surface area contributed by atoms with Gasteiger partial charge in [0.25, 0.3) is 0 Å². The summed E-state index contributed by atoms with van der Waals surface area (Å²) in [5.74, 6) is 1.13. The normalized spacial score (nSPS) is 15.7. The summed E-state index contributed by atoms with van der Waals surface area (Å²) in [5, 5.41) is 5.09. The molecular weight excluding hydrogens is 320 g/mol. The fraction of sp³-hybridized carbons (Fsp3) is 0.318. The van der Waals surface area contributed by atoms with Gasteiger partial charge < -0.3 is 9.88 Å². The zero-order valence-corrected chi connectivity index (χ0v) is 15.2. The number of pyridine rings is 1. The van der Waals surface area contributed by atoms with Crippen LogP contribution in [-0.4, -0.2) is 20.0 Å². The van der Waals surface area contributed by atoms with E-state index in [1.165, 1.54) is 48.6 Å². The summed E-state index contributed by atoms with van der Waals surface area (Å²) in [6.45, 7) is 0. The zero-order valence-electron chi connectivity index (χ0n) is 15.2. The number of anilines is 1. The van der Waals surface area contributed by atoms with E-state index in [1.807, 2.05) is 0 Å². The van der Waals surface area contributed by atoms with Crippen LogP contribution in [0.15, 0.2) is 54.9 Å². The zero-order chi connectivity index (χ0) is 17.5. The van der Waals surface area contributed by atoms with Crippen LogP contribution in [0.3, 0.4) is 0 Å². The van der Waals surface area contributed by atoms with Crippen LogP contribution in [0.25, 0.3) is 27.8 Å². The lowest BCUT2D eigenvalue weighted by molar-refractivity contribution is 0.462. The molecule has 5 rings (SSSR count). The van der Waals surface area contributed by atoms with Gasteiger partial charge in [-0.1, -0.05) is 37.5 Å². The van der Waals surface area contributed by atoms with Crippen molar-refractivity contribution in [1.29, 1.82) is 0 Å². The van der Waals surface area contributed by atoms with Gasteiger partial charge in [0.1, 0.15) is 17.2 Å². The van der Waals surface area contributed by atoms with Crippen molar-refractivity contribution in [2.24, 2.45) is 7.05 Å². The minimum absolute atomic E-state index is 0.543. The molecule has 0 unspecified atom stereocenters. The van der Waals surface area contributed by atoms with Crippen molar-refractivity contribution in [3.63, 3.8) is 0 Å². The van der Waals surface area contributed by atoms with Crippen LogP contribution in [0.1, 0.15) is 32.1 Å². The Balaban J connectivity index is 1.65. The molecule has 1 aliphatic rings. The van der Waals surface area contributed by atoms with Crippen LogP contribution in [-0.2, 0) is 7.05 Å².